The Morgan fingerprint density at radius 3 is 2.38 bits per heavy atom. The Kier molecular flexibility index (Phi) is 6.97. The molecular weight excluding hydrogens is 401 g/mol. The second-order valence-electron chi connectivity index (χ2n) is 4.60. The van der Waals surface area contributed by atoms with Crippen LogP contribution in [0.15, 0.2) is 21.5 Å². The summed E-state index contributed by atoms with van der Waals surface area (Å²) in [6.45, 7) is 4.60. The Morgan fingerprint density at radius 1 is 1.33 bits per heavy atom. The molecule has 0 fully saturated rings. The van der Waals surface area contributed by atoms with Gasteiger partial charge in [-0.05, 0) is 34.0 Å². The fourth-order valence-corrected chi connectivity index (χ4v) is 3.37. The van der Waals surface area contributed by atoms with E-state index in [0.29, 0.717) is 16.9 Å². The minimum Gasteiger partial charge on any atom is -0.352 e. The Hall–Kier alpha value is -0.300. The van der Waals surface area contributed by atoms with Gasteiger partial charge in [-0.2, -0.15) is 0 Å². The highest BCUT2D eigenvalue weighted by atomic mass is 79.9. The molecule has 0 aromatic heterocycles. The molecule has 8 heteroatoms. The molecular formula is C13H16BrCl2NO3S. The predicted octanol–water partition coefficient (Wildman–Crippen LogP) is 4.20. The first-order valence-electron chi connectivity index (χ1n) is 6.42. The fraction of sp³-hybridized carbons (Fsp3) is 0.462. The van der Waals surface area contributed by atoms with Gasteiger partial charge in [-0.15, -0.1) is 0 Å². The quantitative estimate of drug-likeness (QED) is 0.706. The molecule has 1 N–H and O–H groups in total. The van der Waals surface area contributed by atoms with Crippen molar-refractivity contribution in [1.29, 1.82) is 0 Å². The molecule has 118 valence electrons. The molecule has 0 atom stereocenters. The molecule has 0 bridgehead atoms. The zero-order chi connectivity index (χ0) is 16.2. The summed E-state index contributed by atoms with van der Waals surface area (Å²) in [7, 11) is 1.37. The normalized spacial score (nSPS) is 11.7. The van der Waals surface area contributed by atoms with E-state index in [0.717, 1.165) is 12.8 Å². The largest absolute Gasteiger partial charge is 0.352 e. The van der Waals surface area contributed by atoms with Crippen molar-refractivity contribution in [2.24, 2.45) is 5.92 Å². The molecule has 4 nitrogen and oxygen atoms in total. The molecule has 1 amide bonds. The first kappa shape index (κ1) is 18.7. The molecule has 1 rings (SSSR count). The number of hydrogen-bond donors (Lipinski definition) is 1. The summed E-state index contributed by atoms with van der Waals surface area (Å²) in [6, 6.07) is 2.44. The molecule has 0 aliphatic carbocycles. The lowest BCUT2D eigenvalue weighted by Crippen LogP contribution is -2.29. The third-order valence-corrected chi connectivity index (χ3v) is 5.83. The number of amides is 1. The average Bonchev–Trinajstić information content (AvgIpc) is 2.41. The van der Waals surface area contributed by atoms with Crippen LogP contribution < -0.4 is 5.32 Å². The van der Waals surface area contributed by atoms with Gasteiger partial charge in [0.05, 0.1) is 15.5 Å². The topological polar surface area (TPSA) is 63.2 Å². The van der Waals surface area contributed by atoms with Crippen molar-refractivity contribution < 1.29 is 13.2 Å². The van der Waals surface area contributed by atoms with Crippen molar-refractivity contribution >= 4 is 53.2 Å². The summed E-state index contributed by atoms with van der Waals surface area (Å²) in [4.78, 5) is 12.0. The van der Waals surface area contributed by atoms with Gasteiger partial charge in [0.15, 0.2) is 0 Å². The first-order valence-corrected chi connectivity index (χ1v) is 9.90. The maximum Gasteiger partial charge on any atom is 0.261 e. The third-order valence-electron chi connectivity index (χ3n) is 3.23. The number of halogens is 3. The van der Waals surface area contributed by atoms with Crippen LogP contribution in [0.3, 0.4) is 0 Å². The molecule has 21 heavy (non-hydrogen) atoms. The van der Waals surface area contributed by atoms with E-state index >= 15 is 0 Å². The highest BCUT2D eigenvalue weighted by molar-refractivity contribution is 9.10. The van der Waals surface area contributed by atoms with Crippen LogP contribution in [-0.4, -0.2) is 20.9 Å². The molecule has 1 aromatic carbocycles. The summed E-state index contributed by atoms with van der Waals surface area (Å²) in [5.74, 6) is -0.0501. The smallest absolute Gasteiger partial charge is 0.261 e. The Bertz CT molecular complexity index is 631. The van der Waals surface area contributed by atoms with E-state index in [1.807, 2.05) is 13.8 Å². The standard InChI is InChI=1S/C13H16BrCl2NO3S/c1-3-8(4-2)7-17-13(18)10-5-9(21(16,19)20)6-11(14)12(10)15/h5-6,8H,3-4,7H2,1-2H3,(H,17,18). The van der Waals surface area contributed by atoms with Gasteiger partial charge in [0, 0.05) is 21.7 Å². The van der Waals surface area contributed by atoms with Crippen LogP contribution in [0, 0.1) is 5.92 Å². The van der Waals surface area contributed by atoms with Crippen molar-refractivity contribution in [3.63, 3.8) is 0 Å². The van der Waals surface area contributed by atoms with Gasteiger partial charge in [-0.25, -0.2) is 8.42 Å². The van der Waals surface area contributed by atoms with Crippen LogP contribution in [0.25, 0.3) is 0 Å². The number of carbonyl (C=O) groups excluding carboxylic acids is 1. The van der Waals surface area contributed by atoms with Gasteiger partial charge < -0.3 is 5.32 Å². The van der Waals surface area contributed by atoms with E-state index in [1.54, 1.807) is 0 Å². The molecule has 0 saturated carbocycles. The highest BCUT2D eigenvalue weighted by Crippen LogP contribution is 2.31. The number of rotatable bonds is 6. The summed E-state index contributed by atoms with van der Waals surface area (Å²) in [5.41, 5.74) is 0.0798. The zero-order valence-corrected chi connectivity index (χ0v) is 15.5. The Morgan fingerprint density at radius 2 is 1.90 bits per heavy atom. The summed E-state index contributed by atoms with van der Waals surface area (Å²) in [6.07, 6.45) is 1.90. The lowest BCUT2D eigenvalue weighted by molar-refractivity contribution is 0.0946. The molecule has 0 saturated heterocycles. The second-order valence-corrected chi connectivity index (χ2v) is 8.40. The summed E-state index contributed by atoms with van der Waals surface area (Å²) < 4.78 is 23.1. The summed E-state index contributed by atoms with van der Waals surface area (Å²) >= 11 is 9.18. The molecule has 0 heterocycles. The minimum absolute atomic E-state index is 0.0798. The van der Waals surface area contributed by atoms with Crippen molar-refractivity contribution in [1.82, 2.24) is 5.32 Å². The van der Waals surface area contributed by atoms with Crippen LogP contribution in [0.1, 0.15) is 37.0 Å². The third kappa shape index (κ3) is 5.13. The fourth-order valence-electron chi connectivity index (χ4n) is 1.78. The van der Waals surface area contributed by atoms with Crippen LogP contribution >= 0.6 is 38.2 Å². The van der Waals surface area contributed by atoms with Crippen LogP contribution in [-0.2, 0) is 9.05 Å². The highest BCUT2D eigenvalue weighted by Gasteiger charge is 2.20. The average molecular weight is 417 g/mol. The van der Waals surface area contributed by atoms with Gasteiger partial charge in [-0.3, -0.25) is 4.79 Å². The van der Waals surface area contributed by atoms with E-state index in [-0.39, 0.29) is 15.5 Å². The number of nitrogens with one attached hydrogen (secondary N) is 1. The molecule has 0 unspecified atom stereocenters. The number of hydrogen-bond acceptors (Lipinski definition) is 3. The van der Waals surface area contributed by atoms with Crippen LogP contribution in [0.4, 0.5) is 0 Å². The van der Waals surface area contributed by atoms with Gasteiger partial charge in [0.1, 0.15) is 0 Å². The van der Waals surface area contributed by atoms with E-state index in [9.17, 15) is 13.2 Å². The van der Waals surface area contributed by atoms with Crippen LogP contribution in [0.2, 0.25) is 5.02 Å². The maximum atomic E-state index is 12.2. The van der Waals surface area contributed by atoms with Crippen molar-refractivity contribution in [2.75, 3.05) is 6.54 Å². The molecule has 0 radical (unpaired) electrons. The van der Waals surface area contributed by atoms with Crippen molar-refractivity contribution in [3.8, 4) is 0 Å². The summed E-state index contributed by atoms with van der Waals surface area (Å²) in [5, 5.41) is 2.92. The maximum absolute atomic E-state index is 12.2. The molecule has 1 aromatic rings. The van der Waals surface area contributed by atoms with Gasteiger partial charge in [0.25, 0.3) is 15.0 Å². The molecule has 0 aliphatic rings. The van der Waals surface area contributed by atoms with Crippen molar-refractivity contribution in [2.45, 2.75) is 31.6 Å². The lowest BCUT2D eigenvalue weighted by atomic mass is 10.0. The predicted molar refractivity (Wildman–Crippen MR) is 88.6 cm³/mol. The number of benzene rings is 1. The van der Waals surface area contributed by atoms with Crippen LogP contribution in [0.5, 0.6) is 0 Å². The van der Waals surface area contributed by atoms with E-state index in [2.05, 4.69) is 21.2 Å². The van der Waals surface area contributed by atoms with Crippen molar-refractivity contribution in [3.05, 3.63) is 27.2 Å². The monoisotopic (exact) mass is 415 g/mol. The molecule has 0 aliphatic heterocycles. The Balaban J connectivity index is 3.06. The lowest BCUT2D eigenvalue weighted by Gasteiger charge is -2.14. The number of carbonyl (C=O) groups is 1. The van der Waals surface area contributed by atoms with Gasteiger partial charge in [0.2, 0.25) is 0 Å². The van der Waals surface area contributed by atoms with E-state index < -0.39 is 15.0 Å². The van der Waals surface area contributed by atoms with E-state index in [4.69, 9.17) is 22.3 Å². The minimum atomic E-state index is -3.94. The zero-order valence-electron chi connectivity index (χ0n) is 11.6. The van der Waals surface area contributed by atoms with Gasteiger partial charge >= 0.3 is 0 Å². The SMILES string of the molecule is CCC(CC)CNC(=O)c1cc(S(=O)(=O)Cl)cc(Br)c1Cl. The molecule has 0 spiro atoms. The van der Waals surface area contributed by atoms with E-state index in [1.165, 1.54) is 12.1 Å². The first-order chi connectivity index (χ1) is 9.70. The second kappa shape index (κ2) is 7.81. The van der Waals surface area contributed by atoms with Gasteiger partial charge in [-0.1, -0.05) is 38.3 Å². The Labute approximate surface area is 142 Å².